The van der Waals surface area contributed by atoms with Gasteiger partial charge in [-0.3, -0.25) is 48.2 Å². The first-order chi connectivity index (χ1) is 36.7. The van der Waals surface area contributed by atoms with Crippen molar-refractivity contribution in [2.75, 3.05) is 32.5 Å². The fourth-order valence-corrected chi connectivity index (χ4v) is 9.87. The summed E-state index contributed by atoms with van der Waals surface area (Å²) in [4.78, 5) is 133. The van der Waals surface area contributed by atoms with Crippen LogP contribution in [0.4, 0.5) is 15.3 Å². The van der Waals surface area contributed by atoms with E-state index in [9.17, 15) is 61.5 Å². The lowest BCUT2D eigenvalue weighted by Gasteiger charge is -2.41. The van der Waals surface area contributed by atoms with Gasteiger partial charge in [0.1, 0.15) is 24.2 Å². The summed E-state index contributed by atoms with van der Waals surface area (Å²) in [5, 5.41) is 23.3. The Morgan fingerprint density at radius 1 is 0.747 bits per heavy atom. The van der Waals surface area contributed by atoms with Gasteiger partial charge in [0.05, 0.1) is 10.9 Å². The maximum Gasteiger partial charge on any atom is 0.407 e. The van der Waals surface area contributed by atoms with Gasteiger partial charge in [0.25, 0.3) is 27.7 Å². The Morgan fingerprint density at radius 3 is 1.87 bits per heavy atom. The van der Waals surface area contributed by atoms with Gasteiger partial charge < -0.3 is 42.3 Å². The molecule has 1 heterocycles. The molecule has 0 radical (unpaired) electrons. The lowest BCUT2D eigenvalue weighted by Crippen LogP contribution is -2.62. The molecule has 0 unspecified atom stereocenters. The van der Waals surface area contributed by atoms with Gasteiger partial charge in [-0.25, -0.2) is 22.7 Å². The quantitative estimate of drug-likeness (QED) is 0.0341. The van der Waals surface area contributed by atoms with Gasteiger partial charge >= 0.3 is 12.1 Å². The van der Waals surface area contributed by atoms with Gasteiger partial charge in [0, 0.05) is 62.4 Å². The predicted molar refractivity (Wildman–Crippen MR) is 296 cm³/mol. The van der Waals surface area contributed by atoms with Crippen LogP contribution in [0, 0.1) is 17.3 Å². The van der Waals surface area contributed by atoms with Crippen molar-refractivity contribution in [2.45, 2.75) is 148 Å². The molecule has 2 aromatic rings. The number of sulfonamides is 1. The van der Waals surface area contributed by atoms with Crippen LogP contribution in [-0.4, -0.2) is 145 Å². The SMILES string of the molecule is C/C(=C\[C@H](C(C)C)N(C)C(=O)[C@@H](NC(=O)[C@@H](N(C)C(=O)O)C(C)(C)c1ccccc1)C(C)(C)C)C(=O)NS(=O)(=O)c1ccc(NC(=O)[C@H](CCCNC(N)=O)NC(=O)[C@@H](NC(=O)CCCCCN2C(=O)C=CC2=O)C(C)C)cc1. The Labute approximate surface area is 463 Å². The molecule has 5 atom stereocenters. The van der Waals surface area contributed by atoms with Crippen LogP contribution in [0.1, 0.15) is 113 Å². The van der Waals surface area contributed by atoms with Gasteiger partial charge in [0.15, 0.2) is 0 Å². The van der Waals surface area contributed by atoms with Crippen LogP contribution in [0.5, 0.6) is 0 Å². The number of carbonyl (C=O) groups is 10. The maximum absolute atomic E-state index is 14.5. The second-order valence-electron chi connectivity index (χ2n) is 21.9. The number of likely N-dealkylation sites (N-methyl/N-ethyl adjacent to an activating group) is 2. The minimum absolute atomic E-state index is 0.00931. The second kappa shape index (κ2) is 28.8. The number of carbonyl (C=O) groups excluding carboxylic acids is 9. The first kappa shape index (κ1) is 65.7. The van der Waals surface area contributed by atoms with Crippen molar-refractivity contribution in [1.29, 1.82) is 0 Å². The average molecular weight is 1120 g/mol. The lowest BCUT2D eigenvalue weighted by molar-refractivity contribution is -0.141. The summed E-state index contributed by atoms with van der Waals surface area (Å²) in [6, 6.07) is 7.44. The van der Waals surface area contributed by atoms with Crippen LogP contribution < -0.4 is 37.0 Å². The Balaban J connectivity index is 1.74. The Hall–Kier alpha value is -7.63. The molecular weight excluding hydrogens is 1040 g/mol. The highest BCUT2D eigenvalue weighted by Gasteiger charge is 2.45. The Morgan fingerprint density at radius 2 is 1.34 bits per heavy atom. The molecule has 2 aromatic carbocycles. The third-order valence-corrected chi connectivity index (χ3v) is 14.9. The van der Waals surface area contributed by atoms with E-state index >= 15 is 0 Å². The summed E-state index contributed by atoms with van der Waals surface area (Å²) in [6.45, 7) is 17.4. The number of unbranched alkanes of at least 4 members (excludes halogenated alkanes) is 2. The molecule has 0 fully saturated rings. The number of primary amides is 1. The number of rotatable bonds is 28. The molecule has 434 valence electrons. The van der Waals surface area contributed by atoms with Gasteiger partial charge in [-0.15, -0.1) is 0 Å². The number of amides is 11. The number of carboxylic acid groups (broad SMARTS) is 1. The summed E-state index contributed by atoms with van der Waals surface area (Å²) in [7, 11) is -1.76. The number of hydrogen-bond acceptors (Lipinski definition) is 12. The van der Waals surface area contributed by atoms with Crippen LogP contribution in [0.2, 0.25) is 0 Å². The van der Waals surface area contributed by atoms with Crippen LogP contribution in [0.3, 0.4) is 0 Å². The molecule has 9 N–H and O–H groups in total. The topological polar surface area (TPSA) is 333 Å². The minimum atomic E-state index is -4.53. The molecule has 1 aliphatic heterocycles. The fraction of sp³-hybridized carbons (Fsp3) is 0.527. The van der Waals surface area contributed by atoms with Crippen molar-refractivity contribution in [3.05, 3.63) is 84.0 Å². The van der Waals surface area contributed by atoms with Gasteiger partial charge in [-0.1, -0.05) is 105 Å². The summed E-state index contributed by atoms with van der Waals surface area (Å²) < 4.78 is 29.2. The third-order valence-electron chi connectivity index (χ3n) is 13.5. The van der Waals surface area contributed by atoms with E-state index in [2.05, 4.69) is 26.6 Å². The summed E-state index contributed by atoms with van der Waals surface area (Å²) in [5.74, 6) is -5.60. The molecular formula is C55H80N10O13S. The van der Waals surface area contributed by atoms with E-state index in [0.717, 1.165) is 21.9 Å². The van der Waals surface area contributed by atoms with E-state index in [0.29, 0.717) is 24.8 Å². The normalized spacial score (nSPS) is 14.9. The van der Waals surface area contributed by atoms with Crippen LogP contribution in [0.25, 0.3) is 0 Å². The average Bonchev–Trinajstić information content (AvgIpc) is 3.69. The van der Waals surface area contributed by atoms with E-state index in [-0.39, 0.29) is 66.2 Å². The Bertz CT molecular complexity index is 2700. The zero-order valence-corrected chi connectivity index (χ0v) is 48.1. The molecule has 3 rings (SSSR count). The molecule has 0 aliphatic carbocycles. The van der Waals surface area contributed by atoms with Crippen molar-refractivity contribution in [2.24, 2.45) is 23.0 Å². The van der Waals surface area contributed by atoms with Crippen LogP contribution in [-0.2, 0) is 53.8 Å². The predicted octanol–water partition coefficient (Wildman–Crippen LogP) is 3.91. The highest BCUT2D eigenvalue weighted by Crippen LogP contribution is 2.32. The van der Waals surface area contributed by atoms with Crippen LogP contribution >= 0.6 is 0 Å². The number of hydrogen-bond donors (Lipinski definition) is 8. The molecule has 0 spiro atoms. The monoisotopic (exact) mass is 1120 g/mol. The first-order valence-electron chi connectivity index (χ1n) is 26.1. The number of urea groups is 1. The number of anilines is 1. The molecule has 24 heteroatoms. The summed E-state index contributed by atoms with van der Waals surface area (Å²) >= 11 is 0. The zero-order valence-electron chi connectivity index (χ0n) is 47.3. The fourth-order valence-electron chi connectivity index (χ4n) is 8.85. The van der Waals surface area contributed by atoms with Crippen molar-refractivity contribution in [3.8, 4) is 0 Å². The molecule has 23 nitrogen and oxygen atoms in total. The smallest absolute Gasteiger partial charge is 0.407 e. The highest BCUT2D eigenvalue weighted by atomic mass is 32.2. The zero-order chi connectivity index (χ0) is 59.7. The van der Waals surface area contributed by atoms with Gasteiger partial charge in [-0.2, -0.15) is 0 Å². The van der Waals surface area contributed by atoms with Gasteiger partial charge in [0.2, 0.25) is 29.5 Å². The van der Waals surface area contributed by atoms with Crippen molar-refractivity contribution >= 4 is 75.1 Å². The molecule has 0 bridgehead atoms. The van der Waals surface area contributed by atoms with Crippen molar-refractivity contribution in [3.63, 3.8) is 0 Å². The Kier molecular flexibility index (Phi) is 24.0. The van der Waals surface area contributed by atoms with E-state index in [1.54, 1.807) is 92.6 Å². The van der Waals surface area contributed by atoms with E-state index in [1.165, 1.54) is 56.3 Å². The largest absolute Gasteiger partial charge is 0.465 e. The number of nitrogens with zero attached hydrogens (tertiary/aromatic N) is 3. The highest BCUT2D eigenvalue weighted by molar-refractivity contribution is 7.90. The molecule has 11 amide bonds. The van der Waals surface area contributed by atoms with Crippen molar-refractivity contribution < 1.29 is 61.5 Å². The van der Waals surface area contributed by atoms with E-state index in [1.807, 2.05) is 4.72 Å². The van der Waals surface area contributed by atoms with Gasteiger partial charge in [-0.05, 0) is 79.7 Å². The lowest BCUT2D eigenvalue weighted by atomic mass is 9.76. The maximum atomic E-state index is 14.5. The third kappa shape index (κ3) is 19.1. The molecule has 0 saturated heterocycles. The second-order valence-corrected chi connectivity index (χ2v) is 23.6. The molecule has 79 heavy (non-hydrogen) atoms. The van der Waals surface area contributed by atoms with E-state index < -0.39 is 105 Å². The number of benzene rings is 2. The minimum Gasteiger partial charge on any atom is -0.465 e. The van der Waals surface area contributed by atoms with Crippen LogP contribution in [0.15, 0.2) is 83.3 Å². The molecule has 1 aliphatic rings. The molecule has 0 aromatic heterocycles. The summed E-state index contributed by atoms with van der Waals surface area (Å²) in [6.07, 6.45) is 4.18. The number of nitrogens with one attached hydrogen (secondary N) is 6. The number of imide groups is 1. The summed E-state index contributed by atoms with van der Waals surface area (Å²) in [5.41, 5.74) is 3.99. The van der Waals surface area contributed by atoms with Crippen molar-refractivity contribution in [1.82, 2.24) is 40.7 Å². The number of nitrogens with two attached hydrogens (primary N) is 1. The standard InChI is InChI=1S/C55H80N10O13S/c1-33(2)40(63(11)51(73)45(54(6,7)8)61-50(72)46(64(12)53(75)76)55(9,10)36-20-15-13-16-21-36)32-35(5)47(69)62-79(77,78)38-26-24-37(25-27-38)58-48(70)39(22-19-30-57-52(56)74)59-49(71)44(34(3)4)60-41(66)23-17-14-18-31-65-42(67)28-29-43(65)68/h13,15-16,20-21,24-29,32-34,39-40,44-46H,14,17-19,22-23,30-31H2,1-12H3,(H,58,70)(H,59,71)(H,60,66)(H,61,72)(H,62,69)(H,75,76)(H3,56,57,74)/b35-32+/t39-,40+,44-,45+,46+/m0/s1. The first-order valence-corrected chi connectivity index (χ1v) is 27.6. The molecule has 0 saturated carbocycles. The van der Waals surface area contributed by atoms with E-state index in [4.69, 9.17) is 5.73 Å².